The second-order valence-corrected chi connectivity index (χ2v) is 10.9. The van der Waals surface area contributed by atoms with E-state index in [0.717, 1.165) is 6.07 Å². The van der Waals surface area contributed by atoms with Crippen molar-refractivity contribution in [2.45, 2.75) is 19.6 Å². The van der Waals surface area contributed by atoms with Crippen molar-refractivity contribution in [1.82, 2.24) is 29.4 Å². The molecule has 42 heavy (non-hydrogen) atoms. The summed E-state index contributed by atoms with van der Waals surface area (Å²) in [6.45, 7) is 2.58. The molecule has 0 radical (unpaired) electrons. The Kier molecular flexibility index (Phi) is 6.77. The van der Waals surface area contributed by atoms with E-state index in [-0.39, 0.29) is 32.0 Å². The Hall–Kier alpha value is -4.63. The molecular weight excluding hydrogens is 637 g/mol. The van der Waals surface area contributed by atoms with Gasteiger partial charge in [-0.05, 0) is 46.1 Å². The van der Waals surface area contributed by atoms with Crippen LogP contribution in [0.25, 0.3) is 38.4 Å². The number of thiophene rings is 1. The van der Waals surface area contributed by atoms with Crippen molar-refractivity contribution in [3.05, 3.63) is 81.7 Å². The molecule has 1 aromatic carbocycles. The molecule has 10 nitrogen and oxygen atoms in total. The monoisotopic (exact) mass is 654 g/mol. The molecule has 5 aromatic heterocycles. The average molecular weight is 655 g/mol. The number of pyridine rings is 1. The highest BCUT2D eigenvalue weighted by Crippen LogP contribution is 2.43. The highest BCUT2D eigenvalue weighted by atomic mass is 79.9. The number of nitrogens with one attached hydrogen (secondary N) is 1. The third-order valence-corrected chi connectivity index (χ3v) is 8.05. The highest BCUT2D eigenvalue weighted by molar-refractivity contribution is 9.10. The van der Waals surface area contributed by atoms with Crippen LogP contribution in [0.4, 0.5) is 18.9 Å². The number of carbonyl (C=O) groups is 2. The molecule has 0 aliphatic carbocycles. The van der Waals surface area contributed by atoms with Crippen molar-refractivity contribution in [2.24, 2.45) is 5.73 Å². The topological polar surface area (TPSA) is 133 Å². The number of aryl methyl sites for hydroxylation is 1. The molecule has 0 saturated heterocycles. The molecule has 0 aliphatic heterocycles. The number of benzene rings is 1. The molecule has 2 amide bonds. The molecule has 0 unspecified atom stereocenters. The van der Waals surface area contributed by atoms with Gasteiger partial charge in [-0.2, -0.15) is 23.4 Å². The Labute approximate surface area is 247 Å². The summed E-state index contributed by atoms with van der Waals surface area (Å²) in [5.41, 5.74) is 6.40. The molecule has 0 fully saturated rings. The number of primary amides is 1. The summed E-state index contributed by atoms with van der Waals surface area (Å²) in [6.07, 6.45) is -1.38. The maximum Gasteiger partial charge on any atom is 0.433 e. The lowest BCUT2D eigenvalue weighted by Gasteiger charge is -2.12. The fourth-order valence-electron chi connectivity index (χ4n) is 4.48. The van der Waals surface area contributed by atoms with Gasteiger partial charge in [-0.25, -0.2) is 14.5 Å². The number of rotatable bonds is 6. The standard InChI is InChI=1S/C27H18BrF3N8O2S/c1-2-38-12-15(28)21(37-38)17-8-9-33-19-11-16(36-39(17)19)25(41)35-22-20-14(13-6-4-3-5-7-13)10-18(27(29,30)31)34-26(20)42-23(22)24(32)40/h3-12H,2H2,1H3,(H2,32,40)(H,35,41). The zero-order valence-corrected chi connectivity index (χ0v) is 23.9. The lowest BCUT2D eigenvalue weighted by molar-refractivity contribution is -0.140. The molecular formula is C27H18BrF3N8O2S. The van der Waals surface area contributed by atoms with Gasteiger partial charge in [0, 0.05) is 30.4 Å². The smallest absolute Gasteiger partial charge is 0.365 e. The Bertz CT molecular complexity index is 2020. The van der Waals surface area contributed by atoms with Crippen molar-refractivity contribution in [3.8, 4) is 22.5 Å². The van der Waals surface area contributed by atoms with E-state index >= 15 is 0 Å². The molecule has 6 aromatic rings. The number of anilines is 1. The number of amides is 2. The Balaban J connectivity index is 1.49. The van der Waals surface area contributed by atoms with E-state index in [1.165, 1.54) is 10.6 Å². The number of halogens is 4. The molecule has 0 atom stereocenters. The van der Waals surface area contributed by atoms with Crippen LogP contribution >= 0.6 is 27.3 Å². The number of aromatic nitrogens is 6. The number of alkyl halides is 3. The SMILES string of the molecule is CCn1cc(Br)c(-c2ccnc3cc(C(=O)Nc4c(C(N)=O)sc5nc(C(F)(F)F)cc(-c6ccccc6)c45)nn23)n1. The quantitative estimate of drug-likeness (QED) is 0.226. The van der Waals surface area contributed by atoms with Crippen LogP contribution in [0.15, 0.2) is 65.4 Å². The third-order valence-electron chi connectivity index (χ3n) is 6.37. The predicted octanol–water partition coefficient (Wildman–Crippen LogP) is 6.02. The van der Waals surface area contributed by atoms with Gasteiger partial charge in [0.25, 0.3) is 11.8 Å². The van der Waals surface area contributed by atoms with Crippen LogP contribution in [0, 0.1) is 0 Å². The van der Waals surface area contributed by atoms with E-state index in [1.807, 2.05) is 13.1 Å². The lowest BCUT2D eigenvalue weighted by atomic mass is 10.0. The number of fused-ring (bicyclic) bond motifs is 2. The molecule has 0 spiro atoms. The van der Waals surface area contributed by atoms with Crippen LogP contribution in [0.3, 0.4) is 0 Å². The number of hydrogen-bond donors (Lipinski definition) is 2. The Morgan fingerprint density at radius 1 is 1.12 bits per heavy atom. The van der Waals surface area contributed by atoms with Gasteiger partial charge in [-0.3, -0.25) is 14.3 Å². The van der Waals surface area contributed by atoms with Gasteiger partial charge in [0.2, 0.25) is 0 Å². The molecule has 0 saturated carbocycles. The summed E-state index contributed by atoms with van der Waals surface area (Å²) in [5.74, 6) is -1.66. The van der Waals surface area contributed by atoms with Gasteiger partial charge in [0.1, 0.15) is 21.1 Å². The first-order valence-corrected chi connectivity index (χ1v) is 14.0. The van der Waals surface area contributed by atoms with Crippen molar-refractivity contribution in [2.75, 3.05) is 5.32 Å². The van der Waals surface area contributed by atoms with Crippen molar-refractivity contribution in [3.63, 3.8) is 0 Å². The maximum atomic E-state index is 13.8. The van der Waals surface area contributed by atoms with E-state index in [2.05, 4.69) is 41.4 Å². The Morgan fingerprint density at radius 3 is 2.55 bits per heavy atom. The molecule has 15 heteroatoms. The summed E-state index contributed by atoms with van der Waals surface area (Å²) in [4.78, 5) is 33.8. The third kappa shape index (κ3) is 4.79. The van der Waals surface area contributed by atoms with Crippen LogP contribution < -0.4 is 11.1 Å². The molecule has 0 aliphatic rings. The van der Waals surface area contributed by atoms with Crippen LogP contribution in [0.2, 0.25) is 0 Å². The molecule has 5 heterocycles. The predicted molar refractivity (Wildman–Crippen MR) is 154 cm³/mol. The first-order valence-electron chi connectivity index (χ1n) is 12.3. The highest BCUT2D eigenvalue weighted by Gasteiger charge is 2.35. The summed E-state index contributed by atoms with van der Waals surface area (Å²) >= 11 is 4.17. The van der Waals surface area contributed by atoms with Crippen LogP contribution in [0.5, 0.6) is 0 Å². The van der Waals surface area contributed by atoms with Crippen LogP contribution in [0.1, 0.15) is 32.8 Å². The van der Waals surface area contributed by atoms with Gasteiger partial charge >= 0.3 is 6.18 Å². The minimum absolute atomic E-state index is 0.0535. The Morgan fingerprint density at radius 2 is 1.88 bits per heavy atom. The summed E-state index contributed by atoms with van der Waals surface area (Å²) in [7, 11) is 0. The zero-order chi connectivity index (χ0) is 29.8. The van der Waals surface area contributed by atoms with Crippen LogP contribution in [-0.2, 0) is 12.7 Å². The van der Waals surface area contributed by atoms with Gasteiger partial charge in [-0.15, -0.1) is 11.3 Å². The van der Waals surface area contributed by atoms with Crippen molar-refractivity contribution >= 4 is 60.6 Å². The molecule has 0 bridgehead atoms. The maximum absolute atomic E-state index is 13.8. The molecule has 6 rings (SSSR count). The minimum atomic E-state index is -4.75. The first-order chi connectivity index (χ1) is 20.0. The second kappa shape index (κ2) is 10.3. The fraction of sp³-hybridized carbons (Fsp3) is 0.111. The van der Waals surface area contributed by atoms with Crippen molar-refractivity contribution in [1.29, 1.82) is 0 Å². The number of nitrogens with two attached hydrogens (primary N) is 1. The number of carbonyl (C=O) groups excluding carboxylic acids is 2. The zero-order valence-electron chi connectivity index (χ0n) is 21.5. The minimum Gasteiger partial charge on any atom is -0.365 e. The van der Waals surface area contributed by atoms with Crippen LogP contribution in [-0.4, -0.2) is 41.2 Å². The van der Waals surface area contributed by atoms with Gasteiger partial charge < -0.3 is 11.1 Å². The van der Waals surface area contributed by atoms with E-state index in [4.69, 9.17) is 5.73 Å². The summed E-state index contributed by atoms with van der Waals surface area (Å²) < 4.78 is 45.2. The van der Waals surface area contributed by atoms with E-state index in [1.54, 1.807) is 47.3 Å². The van der Waals surface area contributed by atoms with Gasteiger partial charge in [0.05, 0.1) is 15.9 Å². The van der Waals surface area contributed by atoms with Gasteiger partial charge in [-0.1, -0.05) is 30.3 Å². The average Bonchev–Trinajstić information content (AvgIpc) is 3.67. The second-order valence-electron chi connectivity index (χ2n) is 9.03. The first kappa shape index (κ1) is 27.5. The van der Waals surface area contributed by atoms with Crippen molar-refractivity contribution < 1.29 is 22.8 Å². The number of nitrogens with zero attached hydrogens (tertiary/aromatic N) is 6. The van der Waals surface area contributed by atoms with Gasteiger partial charge in [0.15, 0.2) is 11.3 Å². The lowest BCUT2D eigenvalue weighted by Crippen LogP contribution is -2.17. The normalized spacial score (nSPS) is 11.8. The van der Waals surface area contributed by atoms with E-state index in [9.17, 15) is 22.8 Å². The largest absolute Gasteiger partial charge is 0.433 e. The molecule has 212 valence electrons. The van der Waals surface area contributed by atoms with E-state index in [0.29, 0.717) is 45.0 Å². The molecule has 3 N–H and O–H groups in total. The fourth-order valence-corrected chi connectivity index (χ4v) is 6.00. The number of hydrogen-bond acceptors (Lipinski definition) is 7. The van der Waals surface area contributed by atoms with E-state index < -0.39 is 23.7 Å². The summed E-state index contributed by atoms with van der Waals surface area (Å²) in [5, 5.41) is 11.8. The summed E-state index contributed by atoms with van der Waals surface area (Å²) in [6, 6.07) is 12.3.